The summed E-state index contributed by atoms with van der Waals surface area (Å²) < 4.78 is 2.20. The Hall–Kier alpha value is 0.1000. The van der Waals surface area contributed by atoms with E-state index in [9.17, 15) is 0 Å². The molecule has 2 fully saturated rings. The Morgan fingerprint density at radius 3 is 2.62 bits per heavy atom. The molecule has 3 rings (SSSR count). The number of halogens is 2. The average molecular weight is 416 g/mol. The highest BCUT2D eigenvalue weighted by Crippen LogP contribution is 2.48. The van der Waals surface area contributed by atoms with Gasteiger partial charge in [0.1, 0.15) is 0 Å². The average Bonchev–Trinajstić information content (AvgIpc) is 3.06. The van der Waals surface area contributed by atoms with Crippen molar-refractivity contribution in [3.05, 3.63) is 32.7 Å². The van der Waals surface area contributed by atoms with Crippen LogP contribution in [0.5, 0.6) is 0 Å². The van der Waals surface area contributed by atoms with Gasteiger partial charge in [0.15, 0.2) is 0 Å². The number of hydrogen-bond acceptors (Lipinski definition) is 2. The molecule has 2 bridgehead atoms. The first-order valence-electron chi connectivity index (χ1n) is 7.93. The maximum Gasteiger partial charge on any atom is 0.0467 e. The summed E-state index contributed by atoms with van der Waals surface area (Å²) >= 11 is 7.14. The zero-order valence-corrected chi connectivity index (χ0v) is 15.7. The van der Waals surface area contributed by atoms with E-state index in [1.165, 1.54) is 37.8 Å². The minimum Gasteiger partial charge on any atom is -0.329 e. The van der Waals surface area contributed by atoms with Gasteiger partial charge in [0.25, 0.3) is 0 Å². The number of benzene rings is 1. The zero-order chi connectivity index (χ0) is 15.0. The molecule has 4 heteroatoms. The second kappa shape index (κ2) is 6.69. The number of nitrogens with two attached hydrogens (primary N) is 1. The Morgan fingerprint density at radius 1 is 1.24 bits per heavy atom. The van der Waals surface area contributed by atoms with Gasteiger partial charge in [0.05, 0.1) is 0 Å². The third-order valence-corrected chi connectivity index (χ3v) is 7.37. The molecule has 0 amide bonds. The van der Waals surface area contributed by atoms with Crippen molar-refractivity contribution in [2.45, 2.75) is 31.7 Å². The molecule has 1 aromatic rings. The minimum atomic E-state index is 0.313. The summed E-state index contributed by atoms with van der Waals surface area (Å²) in [6.07, 6.45) is 5.86. The van der Waals surface area contributed by atoms with E-state index < -0.39 is 0 Å². The molecular weight excluding hydrogens is 392 g/mol. The summed E-state index contributed by atoms with van der Waals surface area (Å²) in [5.74, 6) is 2.89. The van der Waals surface area contributed by atoms with Gasteiger partial charge in [-0.05, 0) is 93.6 Å². The molecule has 0 aromatic heterocycles. The van der Waals surface area contributed by atoms with E-state index in [-0.39, 0.29) is 0 Å². The van der Waals surface area contributed by atoms with Crippen LogP contribution in [-0.2, 0) is 0 Å². The fraction of sp³-hybridized carbons (Fsp3) is 0.647. The van der Waals surface area contributed by atoms with Crippen LogP contribution < -0.4 is 5.73 Å². The van der Waals surface area contributed by atoms with Gasteiger partial charge < -0.3 is 5.73 Å². The van der Waals surface area contributed by atoms with E-state index in [0.29, 0.717) is 12.6 Å². The van der Waals surface area contributed by atoms with E-state index in [1.807, 2.05) is 0 Å². The predicted octanol–water partition coefficient (Wildman–Crippen LogP) is 4.58. The lowest BCUT2D eigenvalue weighted by Crippen LogP contribution is -2.35. The number of likely N-dealkylation sites (N-methyl/N-ethyl adjacent to an activating group) is 1. The fourth-order valence-electron chi connectivity index (χ4n) is 4.39. The quantitative estimate of drug-likeness (QED) is 0.762. The molecule has 0 radical (unpaired) electrons. The van der Waals surface area contributed by atoms with Crippen molar-refractivity contribution in [3.63, 3.8) is 0 Å². The van der Waals surface area contributed by atoms with Gasteiger partial charge in [0.2, 0.25) is 0 Å². The van der Waals surface area contributed by atoms with Gasteiger partial charge in [-0.15, -0.1) is 0 Å². The minimum absolute atomic E-state index is 0.313. The molecular formula is C17H24Br2N2. The maximum atomic E-state index is 6.08. The molecule has 2 aliphatic rings. The normalized spacial score (nSPS) is 29.3. The summed E-state index contributed by atoms with van der Waals surface area (Å²) in [7, 11) is 2.24. The number of nitrogens with zero attached hydrogens (tertiary/aromatic N) is 1. The van der Waals surface area contributed by atoms with Crippen LogP contribution in [0.25, 0.3) is 0 Å². The second-order valence-electron chi connectivity index (χ2n) is 6.80. The van der Waals surface area contributed by atoms with Crippen LogP contribution in [0.2, 0.25) is 0 Å². The third-order valence-electron chi connectivity index (χ3n) is 5.49. The van der Waals surface area contributed by atoms with Gasteiger partial charge in [-0.3, -0.25) is 4.90 Å². The van der Waals surface area contributed by atoms with Crippen molar-refractivity contribution in [1.82, 2.24) is 4.90 Å². The van der Waals surface area contributed by atoms with Crippen LogP contribution in [0.1, 0.15) is 37.3 Å². The van der Waals surface area contributed by atoms with Gasteiger partial charge in [-0.2, -0.15) is 0 Å². The lowest BCUT2D eigenvalue weighted by atomic mass is 9.88. The van der Waals surface area contributed by atoms with E-state index in [4.69, 9.17) is 5.73 Å². The van der Waals surface area contributed by atoms with Crippen LogP contribution in [0.15, 0.2) is 27.1 Å². The SMILES string of the molecule is CN(CC1CC2CCC1C2)C(CN)c1ccc(Br)c(Br)c1. The standard InChI is InChI=1S/C17H24Br2N2/c1-21(10-14-7-11-2-3-12(14)6-11)17(9-20)13-4-5-15(18)16(19)8-13/h4-5,8,11-12,14,17H,2-3,6-7,9-10,20H2,1H3. The first-order valence-corrected chi connectivity index (χ1v) is 9.52. The molecule has 4 atom stereocenters. The highest BCUT2D eigenvalue weighted by atomic mass is 79.9. The monoisotopic (exact) mass is 414 g/mol. The van der Waals surface area contributed by atoms with Crippen LogP contribution in [0.4, 0.5) is 0 Å². The molecule has 116 valence electrons. The number of hydrogen-bond donors (Lipinski definition) is 1. The molecule has 2 nitrogen and oxygen atoms in total. The van der Waals surface area contributed by atoms with Gasteiger partial charge >= 0.3 is 0 Å². The van der Waals surface area contributed by atoms with Crippen LogP contribution >= 0.6 is 31.9 Å². The Balaban J connectivity index is 1.68. The van der Waals surface area contributed by atoms with Crippen LogP contribution in [0.3, 0.4) is 0 Å². The number of rotatable bonds is 5. The molecule has 0 heterocycles. The molecule has 4 unspecified atom stereocenters. The Morgan fingerprint density at radius 2 is 2.05 bits per heavy atom. The van der Waals surface area contributed by atoms with Gasteiger partial charge in [-0.25, -0.2) is 0 Å². The largest absolute Gasteiger partial charge is 0.329 e. The third kappa shape index (κ3) is 3.39. The Kier molecular flexibility index (Phi) is 5.09. The summed E-state index contributed by atoms with van der Waals surface area (Å²) in [6, 6.07) is 6.80. The molecule has 1 aromatic carbocycles. The zero-order valence-electron chi connectivity index (χ0n) is 12.6. The van der Waals surface area contributed by atoms with Crippen molar-refractivity contribution < 1.29 is 0 Å². The van der Waals surface area contributed by atoms with Crippen LogP contribution in [-0.4, -0.2) is 25.0 Å². The Bertz CT molecular complexity index is 506. The Labute approximate surface area is 144 Å². The molecule has 2 N–H and O–H groups in total. The van der Waals surface area contributed by atoms with Gasteiger partial charge in [-0.1, -0.05) is 12.5 Å². The van der Waals surface area contributed by atoms with Crippen molar-refractivity contribution >= 4 is 31.9 Å². The highest BCUT2D eigenvalue weighted by molar-refractivity contribution is 9.13. The van der Waals surface area contributed by atoms with Crippen molar-refractivity contribution in [1.29, 1.82) is 0 Å². The topological polar surface area (TPSA) is 29.3 Å². The maximum absolute atomic E-state index is 6.08. The summed E-state index contributed by atoms with van der Waals surface area (Å²) in [4.78, 5) is 2.47. The van der Waals surface area contributed by atoms with E-state index in [1.54, 1.807) is 0 Å². The molecule has 0 saturated heterocycles. The fourth-order valence-corrected chi connectivity index (χ4v) is 5.03. The van der Waals surface area contributed by atoms with Gasteiger partial charge in [0, 0.05) is 28.1 Å². The first kappa shape index (κ1) is 16.0. The van der Waals surface area contributed by atoms with Crippen molar-refractivity contribution in [2.24, 2.45) is 23.5 Å². The molecule has 0 aliphatic heterocycles. The summed E-state index contributed by atoms with van der Waals surface area (Å²) in [6.45, 7) is 1.86. The number of fused-ring (bicyclic) bond motifs is 2. The molecule has 2 saturated carbocycles. The molecule has 2 aliphatic carbocycles. The second-order valence-corrected chi connectivity index (χ2v) is 8.51. The van der Waals surface area contributed by atoms with E-state index in [0.717, 1.165) is 26.7 Å². The van der Waals surface area contributed by atoms with E-state index >= 15 is 0 Å². The first-order chi connectivity index (χ1) is 10.1. The molecule has 21 heavy (non-hydrogen) atoms. The van der Waals surface area contributed by atoms with Crippen molar-refractivity contribution in [3.8, 4) is 0 Å². The summed E-state index contributed by atoms with van der Waals surface area (Å²) in [5, 5.41) is 0. The summed E-state index contributed by atoms with van der Waals surface area (Å²) in [5.41, 5.74) is 7.38. The smallest absolute Gasteiger partial charge is 0.0467 e. The highest BCUT2D eigenvalue weighted by Gasteiger charge is 2.40. The van der Waals surface area contributed by atoms with E-state index in [2.05, 4.69) is 62.0 Å². The molecule has 0 spiro atoms. The lowest BCUT2D eigenvalue weighted by Gasteiger charge is -2.33. The van der Waals surface area contributed by atoms with Crippen molar-refractivity contribution in [2.75, 3.05) is 20.1 Å². The predicted molar refractivity (Wildman–Crippen MR) is 95.2 cm³/mol. The van der Waals surface area contributed by atoms with Crippen LogP contribution in [0, 0.1) is 17.8 Å². The lowest BCUT2D eigenvalue weighted by molar-refractivity contribution is 0.176.